The average molecular weight is 102 g/mol. The predicted octanol–water partition coefficient (Wildman–Crippen LogP) is 0.365. The summed E-state index contributed by atoms with van der Waals surface area (Å²) < 4.78 is 0. The van der Waals surface area contributed by atoms with Gasteiger partial charge in [0.05, 0.1) is 7.05 Å². The fraction of sp³-hybridized carbons (Fsp3) is 1.00. The molecular formula is C4H12N3+. The molecule has 0 aliphatic heterocycles. The molecule has 3 nitrogen and oxygen atoms in total. The highest BCUT2D eigenvalue weighted by molar-refractivity contribution is 4.12. The molecule has 0 bridgehead atoms. The van der Waals surface area contributed by atoms with Gasteiger partial charge in [-0.05, 0) is 9.92 Å². The van der Waals surface area contributed by atoms with E-state index in [-0.39, 0.29) is 0 Å². The average Bonchev–Trinajstić information content (AvgIpc) is 1.68. The molecule has 2 N–H and O–H groups in total. The first-order chi connectivity index (χ1) is 3.31. The Bertz CT molecular complexity index is 67.3. The highest BCUT2D eigenvalue weighted by atomic mass is 15.5. The summed E-state index contributed by atoms with van der Waals surface area (Å²) in [4.78, 5) is 1.43. The third-order valence-corrected chi connectivity index (χ3v) is 0.710. The van der Waals surface area contributed by atoms with Gasteiger partial charge in [-0.2, -0.15) is 5.84 Å². The number of nitrogens with two attached hydrogens (primary N) is 1. The van der Waals surface area contributed by atoms with Gasteiger partial charge in [-0.3, -0.25) is 0 Å². The Balaban J connectivity index is 3.17. The first-order valence-electron chi connectivity index (χ1n) is 2.43. The van der Waals surface area contributed by atoms with E-state index < -0.39 is 0 Å². The van der Waals surface area contributed by atoms with Crippen molar-refractivity contribution in [2.45, 2.75) is 13.3 Å². The first-order valence-corrected chi connectivity index (χ1v) is 2.43. The minimum atomic E-state index is 0.844. The van der Waals surface area contributed by atoms with Crippen LogP contribution in [0.3, 0.4) is 0 Å². The Hall–Kier alpha value is -0.600. The van der Waals surface area contributed by atoms with Crippen molar-refractivity contribution in [3.8, 4) is 0 Å². The molecule has 0 aromatic carbocycles. The minimum Gasteiger partial charge on any atom is -0.186 e. The lowest BCUT2D eigenvalue weighted by atomic mass is 10.5. The van der Waals surface area contributed by atoms with E-state index in [1.165, 1.54) is 4.81 Å². The van der Waals surface area contributed by atoms with E-state index in [9.17, 15) is 0 Å². The van der Waals surface area contributed by atoms with Crippen LogP contribution in [0.25, 0.3) is 0 Å². The number of nitrogens with zero attached hydrogens (tertiary/aromatic N) is 2. The Morgan fingerprint density at radius 2 is 2.29 bits per heavy atom. The summed E-state index contributed by atoms with van der Waals surface area (Å²) in [7, 11) is 1.68. The molecule has 7 heavy (non-hydrogen) atoms. The monoisotopic (exact) mass is 102 g/mol. The zero-order valence-electron chi connectivity index (χ0n) is 4.89. The normalized spacial score (nSPS) is 12.0. The van der Waals surface area contributed by atoms with Crippen LogP contribution >= 0.6 is 0 Å². The minimum absolute atomic E-state index is 0.844. The zero-order chi connectivity index (χ0) is 5.70. The van der Waals surface area contributed by atoms with Gasteiger partial charge in [-0.25, -0.2) is 0 Å². The SMILES string of the molecule is CCC[N+](N)=NC. The van der Waals surface area contributed by atoms with E-state index >= 15 is 0 Å². The third kappa shape index (κ3) is 3.22. The molecule has 3 heteroatoms. The van der Waals surface area contributed by atoms with Crippen molar-refractivity contribution >= 4 is 0 Å². The van der Waals surface area contributed by atoms with Crippen molar-refractivity contribution in [2.75, 3.05) is 13.6 Å². The summed E-state index contributed by atoms with van der Waals surface area (Å²) in [5, 5.41) is 3.69. The van der Waals surface area contributed by atoms with Crippen LogP contribution < -0.4 is 5.84 Å². The summed E-state index contributed by atoms with van der Waals surface area (Å²) in [5.41, 5.74) is 0. The van der Waals surface area contributed by atoms with E-state index in [1.807, 2.05) is 0 Å². The maximum Gasteiger partial charge on any atom is 0.199 e. The summed E-state index contributed by atoms with van der Waals surface area (Å²) in [6, 6.07) is 0. The topological polar surface area (TPSA) is 41.4 Å². The largest absolute Gasteiger partial charge is 0.199 e. The molecule has 0 heterocycles. The van der Waals surface area contributed by atoms with Gasteiger partial charge in [-0.1, -0.05) is 6.92 Å². The van der Waals surface area contributed by atoms with Gasteiger partial charge < -0.3 is 0 Å². The van der Waals surface area contributed by atoms with Gasteiger partial charge in [0, 0.05) is 6.42 Å². The van der Waals surface area contributed by atoms with E-state index in [1.54, 1.807) is 7.05 Å². The molecule has 0 spiro atoms. The second-order valence-corrected chi connectivity index (χ2v) is 1.36. The van der Waals surface area contributed by atoms with E-state index in [0.717, 1.165) is 13.0 Å². The van der Waals surface area contributed by atoms with Crippen molar-refractivity contribution in [1.82, 2.24) is 0 Å². The molecular weight excluding hydrogens is 90.1 g/mol. The second kappa shape index (κ2) is 3.59. The maximum atomic E-state index is 5.25. The molecule has 0 saturated heterocycles. The third-order valence-electron chi connectivity index (χ3n) is 0.710. The van der Waals surface area contributed by atoms with E-state index in [0.29, 0.717) is 0 Å². The lowest BCUT2D eigenvalue weighted by Crippen LogP contribution is -2.17. The first kappa shape index (κ1) is 6.40. The number of hydrogen-bond donors (Lipinski definition) is 1. The smallest absolute Gasteiger partial charge is 0.186 e. The molecule has 42 valence electrons. The van der Waals surface area contributed by atoms with Gasteiger partial charge in [0.25, 0.3) is 0 Å². The van der Waals surface area contributed by atoms with Gasteiger partial charge in [0.2, 0.25) is 0 Å². The van der Waals surface area contributed by atoms with Crippen LogP contribution in [0, 0.1) is 0 Å². The van der Waals surface area contributed by atoms with Crippen LogP contribution in [0.15, 0.2) is 5.11 Å². The summed E-state index contributed by atoms with van der Waals surface area (Å²) in [5.74, 6) is 5.25. The number of hydrazine groups is 1. The maximum absolute atomic E-state index is 5.25. The lowest BCUT2D eigenvalue weighted by Gasteiger charge is -1.82. The molecule has 0 aromatic heterocycles. The number of azo groups is 1. The zero-order valence-corrected chi connectivity index (χ0v) is 4.89. The van der Waals surface area contributed by atoms with Crippen molar-refractivity contribution in [3.05, 3.63) is 0 Å². The summed E-state index contributed by atoms with van der Waals surface area (Å²) in [6.07, 6.45) is 1.05. The van der Waals surface area contributed by atoms with Gasteiger partial charge in [0.1, 0.15) is 0 Å². The number of hydrogen-bond acceptors (Lipinski definition) is 1. The fourth-order valence-electron chi connectivity index (χ4n) is 0.329. The molecule has 0 aliphatic carbocycles. The Morgan fingerprint density at radius 1 is 1.71 bits per heavy atom. The van der Waals surface area contributed by atoms with E-state index in [2.05, 4.69) is 12.0 Å². The fourth-order valence-corrected chi connectivity index (χ4v) is 0.329. The molecule has 0 saturated carbocycles. The Kier molecular flexibility index (Phi) is 3.28. The molecule has 0 amide bonds. The molecule has 0 aliphatic rings. The molecule has 0 rings (SSSR count). The molecule has 0 unspecified atom stereocenters. The van der Waals surface area contributed by atoms with Crippen molar-refractivity contribution in [3.63, 3.8) is 0 Å². The highest BCUT2D eigenvalue weighted by Gasteiger charge is 1.89. The van der Waals surface area contributed by atoms with Crippen LogP contribution in [0.5, 0.6) is 0 Å². The predicted molar refractivity (Wildman–Crippen MR) is 28.0 cm³/mol. The lowest BCUT2D eigenvalue weighted by molar-refractivity contribution is -0.604. The number of rotatable bonds is 2. The quantitative estimate of drug-likeness (QED) is 0.232. The Labute approximate surface area is 43.8 Å². The van der Waals surface area contributed by atoms with Crippen LogP contribution in [-0.2, 0) is 0 Å². The standard InChI is InChI=1S/C4H12N3/c1-3-4-7(5)6-2/h3-4H2,1-2H3,(H2,5,6)/q+1. The van der Waals surface area contributed by atoms with Crippen molar-refractivity contribution < 1.29 is 4.81 Å². The Morgan fingerprint density at radius 3 is 2.43 bits per heavy atom. The molecule has 0 fully saturated rings. The van der Waals surface area contributed by atoms with Crippen LogP contribution in [0.1, 0.15) is 13.3 Å². The van der Waals surface area contributed by atoms with Gasteiger partial charge >= 0.3 is 0 Å². The molecule has 0 atom stereocenters. The van der Waals surface area contributed by atoms with E-state index in [4.69, 9.17) is 5.84 Å². The molecule has 0 radical (unpaired) electrons. The summed E-state index contributed by atoms with van der Waals surface area (Å²) >= 11 is 0. The van der Waals surface area contributed by atoms with Crippen molar-refractivity contribution in [2.24, 2.45) is 11.0 Å². The molecule has 0 aromatic rings. The second-order valence-electron chi connectivity index (χ2n) is 1.36. The van der Waals surface area contributed by atoms with Gasteiger partial charge in [-0.15, -0.1) is 0 Å². The van der Waals surface area contributed by atoms with Crippen LogP contribution in [0.2, 0.25) is 0 Å². The van der Waals surface area contributed by atoms with Crippen LogP contribution in [-0.4, -0.2) is 18.4 Å². The van der Waals surface area contributed by atoms with Gasteiger partial charge in [0.15, 0.2) is 6.54 Å². The van der Waals surface area contributed by atoms with Crippen LogP contribution in [0.4, 0.5) is 0 Å². The summed E-state index contributed by atoms with van der Waals surface area (Å²) in [6.45, 7) is 2.90. The van der Waals surface area contributed by atoms with Crippen molar-refractivity contribution in [1.29, 1.82) is 0 Å². The highest BCUT2D eigenvalue weighted by Crippen LogP contribution is 1.72.